The minimum Gasteiger partial charge on any atom is -0.348 e. The zero-order valence-corrected chi connectivity index (χ0v) is 13.3. The first-order valence-electron chi connectivity index (χ1n) is 6.52. The topological polar surface area (TPSA) is 59.8 Å². The van der Waals surface area contributed by atoms with E-state index in [2.05, 4.69) is 31.6 Å². The maximum atomic E-state index is 12.1. The van der Waals surface area contributed by atoms with Crippen LogP contribution in [0.1, 0.15) is 36.5 Å². The molecule has 1 aromatic heterocycles. The van der Waals surface area contributed by atoms with E-state index in [9.17, 15) is 4.79 Å². The van der Waals surface area contributed by atoms with Crippen LogP contribution in [0.25, 0.3) is 5.69 Å². The maximum Gasteiger partial charge on any atom is 0.273 e. The summed E-state index contributed by atoms with van der Waals surface area (Å²) >= 11 is 3.39. The van der Waals surface area contributed by atoms with Crippen molar-refractivity contribution >= 4 is 21.8 Å². The Morgan fingerprint density at radius 1 is 1.40 bits per heavy atom. The van der Waals surface area contributed by atoms with Gasteiger partial charge in [-0.25, -0.2) is 4.68 Å². The lowest BCUT2D eigenvalue weighted by molar-refractivity contribution is 0.0933. The standard InChI is InChI=1S/C14H17BrN4O/c1-4-9(2)16-14(20)13-10(3)19(18-17-13)12-7-5-11(15)6-8-12/h5-9H,4H2,1-3H3,(H,16,20)/t9-/m0/s1. The molecule has 0 fully saturated rings. The van der Waals surface area contributed by atoms with Crippen LogP contribution in [0.2, 0.25) is 0 Å². The van der Waals surface area contributed by atoms with Crippen LogP contribution in [0, 0.1) is 6.92 Å². The van der Waals surface area contributed by atoms with Crippen molar-refractivity contribution in [2.24, 2.45) is 0 Å². The van der Waals surface area contributed by atoms with Gasteiger partial charge >= 0.3 is 0 Å². The molecule has 0 bridgehead atoms. The number of nitrogens with zero attached hydrogens (tertiary/aromatic N) is 3. The van der Waals surface area contributed by atoms with Crippen molar-refractivity contribution in [1.29, 1.82) is 0 Å². The lowest BCUT2D eigenvalue weighted by atomic mass is 10.2. The third kappa shape index (κ3) is 3.07. The first-order chi connectivity index (χ1) is 9.52. The molecule has 106 valence electrons. The van der Waals surface area contributed by atoms with Crippen molar-refractivity contribution < 1.29 is 4.79 Å². The molecule has 20 heavy (non-hydrogen) atoms. The van der Waals surface area contributed by atoms with E-state index in [1.165, 1.54) is 0 Å². The maximum absolute atomic E-state index is 12.1. The van der Waals surface area contributed by atoms with Crippen molar-refractivity contribution in [2.75, 3.05) is 0 Å². The van der Waals surface area contributed by atoms with E-state index in [0.29, 0.717) is 5.69 Å². The van der Waals surface area contributed by atoms with Gasteiger partial charge < -0.3 is 5.32 Å². The molecule has 1 aromatic carbocycles. The molecule has 1 atom stereocenters. The Kier molecular flexibility index (Phi) is 4.54. The van der Waals surface area contributed by atoms with Gasteiger partial charge in [0.2, 0.25) is 0 Å². The number of amides is 1. The Hall–Kier alpha value is -1.69. The van der Waals surface area contributed by atoms with Gasteiger partial charge in [0.1, 0.15) is 0 Å². The van der Waals surface area contributed by atoms with Gasteiger partial charge in [-0.15, -0.1) is 5.10 Å². The van der Waals surface area contributed by atoms with Gasteiger partial charge in [-0.1, -0.05) is 28.1 Å². The summed E-state index contributed by atoms with van der Waals surface area (Å²) in [7, 11) is 0. The van der Waals surface area contributed by atoms with Crippen LogP contribution in [0.3, 0.4) is 0 Å². The monoisotopic (exact) mass is 336 g/mol. The van der Waals surface area contributed by atoms with E-state index in [4.69, 9.17) is 0 Å². The predicted molar refractivity (Wildman–Crippen MR) is 81.0 cm³/mol. The Labute approximate surface area is 126 Å². The van der Waals surface area contributed by atoms with Crippen LogP contribution in [0.5, 0.6) is 0 Å². The molecule has 2 aromatic rings. The number of rotatable bonds is 4. The Morgan fingerprint density at radius 2 is 2.05 bits per heavy atom. The highest BCUT2D eigenvalue weighted by Crippen LogP contribution is 2.16. The van der Waals surface area contributed by atoms with Gasteiger partial charge in [-0.3, -0.25) is 4.79 Å². The average Bonchev–Trinajstić information content (AvgIpc) is 2.81. The molecule has 1 amide bonds. The number of hydrogen-bond donors (Lipinski definition) is 1. The largest absolute Gasteiger partial charge is 0.348 e. The highest BCUT2D eigenvalue weighted by atomic mass is 79.9. The lowest BCUT2D eigenvalue weighted by Gasteiger charge is -2.10. The Bertz CT molecular complexity index is 606. The lowest BCUT2D eigenvalue weighted by Crippen LogP contribution is -2.32. The van der Waals surface area contributed by atoms with E-state index in [1.807, 2.05) is 45.0 Å². The van der Waals surface area contributed by atoms with Gasteiger partial charge in [0, 0.05) is 10.5 Å². The van der Waals surface area contributed by atoms with Gasteiger partial charge in [-0.2, -0.15) is 0 Å². The fraction of sp³-hybridized carbons (Fsp3) is 0.357. The summed E-state index contributed by atoms with van der Waals surface area (Å²) < 4.78 is 2.66. The van der Waals surface area contributed by atoms with E-state index in [-0.39, 0.29) is 11.9 Å². The quantitative estimate of drug-likeness (QED) is 0.933. The molecule has 6 heteroatoms. The van der Waals surface area contributed by atoms with E-state index in [1.54, 1.807) is 4.68 Å². The minimum absolute atomic E-state index is 0.125. The Morgan fingerprint density at radius 3 is 2.65 bits per heavy atom. The summed E-state index contributed by atoms with van der Waals surface area (Å²) in [6, 6.07) is 7.81. The van der Waals surface area contributed by atoms with Crippen molar-refractivity contribution in [3.8, 4) is 5.69 Å². The number of aromatic nitrogens is 3. The second-order valence-electron chi connectivity index (χ2n) is 4.69. The van der Waals surface area contributed by atoms with Crippen LogP contribution in [-0.2, 0) is 0 Å². The third-order valence-electron chi connectivity index (χ3n) is 3.17. The fourth-order valence-electron chi connectivity index (χ4n) is 1.76. The van der Waals surface area contributed by atoms with Gasteiger partial charge in [0.15, 0.2) is 5.69 Å². The summed E-state index contributed by atoms with van der Waals surface area (Å²) in [4.78, 5) is 12.1. The predicted octanol–water partition coefficient (Wildman–Crippen LogP) is 2.87. The molecular formula is C14H17BrN4O. The summed E-state index contributed by atoms with van der Waals surface area (Å²) in [5, 5.41) is 10.9. The number of nitrogens with one attached hydrogen (secondary N) is 1. The second-order valence-corrected chi connectivity index (χ2v) is 5.61. The molecule has 0 aliphatic heterocycles. The summed E-state index contributed by atoms with van der Waals surface area (Å²) in [6.07, 6.45) is 0.881. The van der Waals surface area contributed by atoms with Gasteiger partial charge in [0.25, 0.3) is 5.91 Å². The SMILES string of the molecule is CC[C@H](C)NC(=O)c1nnn(-c2ccc(Br)cc2)c1C. The van der Waals surface area contributed by atoms with Crippen molar-refractivity contribution in [3.05, 3.63) is 40.1 Å². The Balaban J connectivity index is 2.27. The molecule has 1 heterocycles. The first-order valence-corrected chi connectivity index (χ1v) is 7.31. The molecule has 0 aliphatic rings. The van der Waals surface area contributed by atoms with Gasteiger partial charge in [-0.05, 0) is 44.5 Å². The van der Waals surface area contributed by atoms with Crippen molar-refractivity contribution in [1.82, 2.24) is 20.3 Å². The third-order valence-corrected chi connectivity index (χ3v) is 3.70. The zero-order valence-electron chi connectivity index (χ0n) is 11.7. The normalized spacial score (nSPS) is 12.2. The second kappa shape index (κ2) is 6.17. The molecule has 2 rings (SSSR count). The minimum atomic E-state index is -0.180. The van der Waals surface area contributed by atoms with Crippen molar-refractivity contribution in [3.63, 3.8) is 0 Å². The molecule has 0 spiro atoms. The van der Waals surface area contributed by atoms with Crippen LogP contribution in [0.4, 0.5) is 0 Å². The molecule has 0 aliphatic carbocycles. The average molecular weight is 337 g/mol. The summed E-state index contributed by atoms with van der Waals surface area (Å²) in [5.74, 6) is -0.180. The van der Waals surface area contributed by atoms with Crippen LogP contribution >= 0.6 is 15.9 Å². The van der Waals surface area contributed by atoms with Crippen molar-refractivity contribution in [2.45, 2.75) is 33.2 Å². The fourth-order valence-corrected chi connectivity index (χ4v) is 2.03. The smallest absolute Gasteiger partial charge is 0.273 e. The number of halogens is 1. The molecule has 0 saturated heterocycles. The molecule has 1 N–H and O–H groups in total. The summed E-state index contributed by atoms with van der Waals surface area (Å²) in [5.41, 5.74) is 1.97. The number of hydrogen-bond acceptors (Lipinski definition) is 3. The van der Waals surface area contributed by atoms with E-state index >= 15 is 0 Å². The molecule has 0 unspecified atom stereocenters. The van der Waals surface area contributed by atoms with E-state index < -0.39 is 0 Å². The number of carbonyl (C=O) groups is 1. The highest BCUT2D eigenvalue weighted by molar-refractivity contribution is 9.10. The van der Waals surface area contributed by atoms with Gasteiger partial charge in [0.05, 0.1) is 11.4 Å². The molecular weight excluding hydrogens is 320 g/mol. The number of benzene rings is 1. The zero-order chi connectivity index (χ0) is 14.7. The molecule has 0 saturated carbocycles. The molecule has 0 radical (unpaired) electrons. The van der Waals surface area contributed by atoms with E-state index in [0.717, 1.165) is 22.3 Å². The first kappa shape index (κ1) is 14.7. The number of carbonyl (C=O) groups excluding carboxylic acids is 1. The molecule has 5 nitrogen and oxygen atoms in total. The van der Waals surface area contributed by atoms with Crippen LogP contribution < -0.4 is 5.32 Å². The highest BCUT2D eigenvalue weighted by Gasteiger charge is 2.18. The van der Waals surface area contributed by atoms with Crippen LogP contribution in [-0.4, -0.2) is 26.9 Å². The van der Waals surface area contributed by atoms with Crippen LogP contribution in [0.15, 0.2) is 28.7 Å². The summed E-state index contributed by atoms with van der Waals surface area (Å²) in [6.45, 7) is 5.83.